The third-order valence-corrected chi connectivity index (χ3v) is 3.54. The molecule has 0 radical (unpaired) electrons. The highest BCUT2D eigenvalue weighted by Crippen LogP contribution is 2.30. The van der Waals surface area contributed by atoms with Crippen LogP contribution in [0.3, 0.4) is 0 Å². The van der Waals surface area contributed by atoms with Crippen LogP contribution in [-0.4, -0.2) is 38.1 Å². The molecular formula is C16H21NO4. The fourth-order valence-corrected chi connectivity index (χ4v) is 2.42. The SMILES string of the molecule is COCCNC(=O)C(C)Oc1cccc2c1CCCC2=O. The molecule has 0 bridgehead atoms. The lowest BCUT2D eigenvalue weighted by Crippen LogP contribution is -2.38. The number of ether oxygens (including phenoxy) is 2. The van der Waals surface area contributed by atoms with Crippen LogP contribution in [0.2, 0.25) is 0 Å². The minimum absolute atomic E-state index is 0.152. The van der Waals surface area contributed by atoms with Crippen molar-refractivity contribution in [3.63, 3.8) is 0 Å². The maximum atomic E-state index is 11.9. The molecule has 0 heterocycles. The largest absolute Gasteiger partial charge is 0.481 e. The van der Waals surface area contributed by atoms with Crippen LogP contribution >= 0.6 is 0 Å². The predicted octanol–water partition coefficient (Wildman–Crippen LogP) is 1.74. The van der Waals surface area contributed by atoms with Gasteiger partial charge in [0, 0.05) is 31.2 Å². The van der Waals surface area contributed by atoms with Crippen molar-refractivity contribution in [3.8, 4) is 5.75 Å². The summed E-state index contributed by atoms with van der Waals surface area (Å²) in [5.74, 6) is 0.598. The number of carbonyl (C=O) groups excluding carboxylic acids is 2. The van der Waals surface area contributed by atoms with Gasteiger partial charge in [-0.1, -0.05) is 12.1 Å². The molecule has 2 rings (SSSR count). The van der Waals surface area contributed by atoms with E-state index >= 15 is 0 Å². The number of hydrogen-bond donors (Lipinski definition) is 1. The lowest BCUT2D eigenvalue weighted by atomic mass is 9.90. The normalized spacial score (nSPS) is 15.2. The molecule has 5 heteroatoms. The van der Waals surface area contributed by atoms with E-state index in [-0.39, 0.29) is 11.7 Å². The van der Waals surface area contributed by atoms with E-state index in [1.165, 1.54) is 0 Å². The van der Waals surface area contributed by atoms with Crippen molar-refractivity contribution < 1.29 is 19.1 Å². The molecule has 21 heavy (non-hydrogen) atoms. The Morgan fingerprint density at radius 3 is 2.95 bits per heavy atom. The Kier molecular flexibility index (Phi) is 5.33. The third kappa shape index (κ3) is 3.82. The molecule has 1 amide bonds. The number of Topliss-reactive ketones (excluding diaryl/α,β-unsaturated/α-hetero) is 1. The van der Waals surface area contributed by atoms with E-state index in [1.54, 1.807) is 20.1 Å². The zero-order chi connectivity index (χ0) is 15.2. The first kappa shape index (κ1) is 15.5. The monoisotopic (exact) mass is 291 g/mol. The van der Waals surface area contributed by atoms with E-state index in [1.807, 2.05) is 12.1 Å². The fraction of sp³-hybridized carbons (Fsp3) is 0.500. The molecule has 0 aromatic heterocycles. The second-order valence-electron chi connectivity index (χ2n) is 5.10. The molecule has 1 aliphatic carbocycles. The van der Waals surface area contributed by atoms with Crippen molar-refractivity contribution in [1.82, 2.24) is 5.32 Å². The van der Waals surface area contributed by atoms with Gasteiger partial charge in [-0.3, -0.25) is 9.59 Å². The standard InChI is InChI=1S/C16H21NO4/c1-11(16(19)17-9-10-20-2)21-15-8-4-5-12-13(15)6-3-7-14(12)18/h4-5,8,11H,3,6-7,9-10H2,1-2H3,(H,17,19). The minimum atomic E-state index is -0.606. The lowest BCUT2D eigenvalue weighted by molar-refractivity contribution is -0.127. The van der Waals surface area contributed by atoms with Gasteiger partial charge in [-0.15, -0.1) is 0 Å². The Hall–Kier alpha value is -1.88. The quantitative estimate of drug-likeness (QED) is 0.811. The third-order valence-electron chi connectivity index (χ3n) is 3.54. The molecule has 0 aliphatic heterocycles. The summed E-state index contributed by atoms with van der Waals surface area (Å²) >= 11 is 0. The number of ketones is 1. The predicted molar refractivity (Wildman–Crippen MR) is 78.7 cm³/mol. The molecule has 1 unspecified atom stereocenters. The molecule has 1 aliphatic rings. The lowest BCUT2D eigenvalue weighted by Gasteiger charge is -2.21. The van der Waals surface area contributed by atoms with E-state index in [9.17, 15) is 9.59 Å². The fourth-order valence-electron chi connectivity index (χ4n) is 2.42. The molecule has 1 aromatic carbocycles. The van der Waals surface area contributed by atoms with Gasteiger partial charge in [0.15, 0.2) is 11.9 Å². The second kappa shape index (κ2) is 7.22. The summed E-state index contributed by atoms with van der Waals surface area (Å²) < 4.78 is 10.6. The summed E-state index contributed by atoms with van der Waals surface area (Å²) in [6.45, 7) is 2.62. The highest BCUT2D eigenvalue weighted by atomic mass is 16.5. The molecule has 1 N–H and O–H groups in total. The Labute approximate surface area is 124 Å². The zero-order valence-corrected chi connectivity index (χ0v) is 12.5. The maximum Gasteiger partial charge on any atom is 0.260 e. The molecule has 1 atom stereocenters. The minimum Gasteiger partial charge on any atom is -0.481 e. The molecule has 114 valence electrons. The molecule has 0 saturated heterocycles. The first-order valence-corrected chi connectivity index (χ1v) is 7.22. The average Bonchev–Trinajstić information content (AvgIpc) is 2.48. The number of benzene rings is 1. The molecule has 5 nitrogen and oxygen atoms in total. The van der Waals surface area contributed by atoms with Crippen LogP contribution in [-0.2, 0) is 16.0 Å². The number of hydrogen-bond acceptors (Lipinski definition) is 4. The number of carbonyl (C=O) groups is 2. The van der Waals surface area contributed by atoms with E-state index in [2.05, 4.69) is 5.32 Å². The smallest absolute Gasteiger partial charge is 0.260 e. The van der Waals surface area contributed by atoms with Crippen molar-refractivity contribution in [2.75, 3.05) is 20.3 Å². The van der Waals surface area contributed by atoms with Crippen molar-refractivity contribution in [1.29, 1.82) is 0 Å². The second-order valence-corrected chi connectivity index (χ2v) is 5.10. The van der Waals surface area contributed by atoms with Crippen molar-refractivity contribution in [2.24, 2.45) is 0 Å². The van der Waals surface area contributed by atoms with Gasteiger partial charge in [-0.05, 0) is 25.8 Å². The maximum absolute atomic E-state index is 11.9. The van der Waals surface area contributed by atoms with Crippen LogP contribution in [0.15, 0.2) is 18.2 Å². The van der Waals surface area contributed by atoms with E-state index in [0.29, 0.717) is 25.3 Å². The van der Waals surface area contributed by atoms with Crippen LogP contribution in [0.5, 0.6) is 5.75 Å². The van der Waals surface area contributed by atoms with Gasteiger partial charge in [0.25, 0.3) is 5.91 Å². The molecule has 1 aromatic rings. The molecular weight excluding hydrogens is 270 g/mol. The summed E-state index contributed by atoms with van der Waals surface area (Å²) in [5, 5.41) is 2.74. The molecule has 0 saturated carbocycles. The molecule has 0 fully saturated rings. The van der Waals surface area contributed by atoms with Gasteiger partial charge in [0.2, 0.25) is 0 Å². The Bertz CT molecular complexity index is 527. The summed E-state index contributed by atoms with van der Waals surface area (Å²) in [6.07, 6.45) is 1.63. The number of methoxy groups -OCH3 is 1. The van der Waals surface area contributed by atoms with Gasteiger partial charge in [-0.25, -0.2) is 0 Å². The summed E-state index contributed by atoms with van der Waals surface area (Å²) in [4.78, 5) is 23.8. The van der Waals surface area contributed by atoms with Gasteiger partial charge in [-0.2, -0.15) is 0 Å². The Balaban J connectivity index is 2.04. The first-order chi connectivity index (χ1) is 10.1. The van der Waals surface area contributed by atoms with E-state index in [0.717, 1.165) is 24.0 Å². The summed E-state index contributed by atoms with van der Waals surface area (Å²) in [6, 6.07) is 5.44. The topological polar surface area (TPSA) is 64.6 Å². The van der Waals surface area contributed by atoms with Crippen molar-refractivity contribution in [2.45, 2.75) is 32.3 Å². The highest BCUT2D eigenvalue weighted by Gasteiger charge is 2.22. The van der Waals surface area contributed by atoms with E-state index in [4.69, 9.17) is 9.47 Å². The number of fused-ring (bicyclic) bond motifs is 1. The average molecular weight is 291 g/mol. The Morgan fingerprint density at radius 2 is 2.19 bits per heavy atom. The zero-order valence-electron chi connectivity index (χ0n) is 12.5. The van der Waals surface area contributed by atoms with Crippen LogP contribution < -0.4 is 10.1 Å². The molecule has 0 spiro atoms. The van der Waals surface area contributed by atoms with Gasteiger partial charge >= 0.3 is 0 Å². The van der Waals surface area contributed by atoms with Crippen LogP contribution in [0, 0.1) is 0 Å². The Morgan fingerprint density at radius 1 is 1.38 bits per heavy atom. The van der Waals surface area contributed by atoms with Gasteiger partial charge < -0.3 is 14.8 Å². The van der Waals surface area contributed by atoms with Crippen molar-refractivity contribution >= 4 is 11.7 Å². The van der Waals surface area contributed by atoms with Crippen LogP contribution in [0.4, 0.5) is 0 Å². The number of nitrogens with one attached hydrogen (secondary N) is 1. The summed E-state index contributed by atoms with van der Waals surface area (Å²) in [7, 11) is 1.58. The first-order valence-electron chi connectivity index (χ1n) is 7.22. The van der Waals surface area contributed by atoms with Crippen LogP contribution in [0.1, 0.15) is 35.7 Å². The number of rotatable bonds is 6. The highest BCUT2D eigenvalue weighted by molar-refractivity contribution is 5.99. The van der Waals surface area contributed by atoms with E-state index < -0.39 is 6.10 Å². The van der Waals surface area contributed by atoms with Gasteiger partial charge in [0.1, 0.15) is 5.75 Å². The van der Waals surface area contributed by atoms with Crippen LogP contribution in [0.25, 0.3) is 0 Å². The summed E-state index contributed by atoms with van der Waals surface area (Å²) in [5.41, 5.74) is 1.65. The van der Waals surface area contributed by atoms with Gasteiger partial charge in [0.05, 0.1) is 6.61 Å². The number of amides is 1. The van der Waals surface area contributed by atoms with Crippen molar-refractivity contribution in [3.05, 3.63) is 29.3 Å².